The van der Waals surface area contributed by atoms with Gasteiger partial charge in [-0.3, -0.25) is 0 Å². The summed E-state index contributed by atoms with van der Waals surface area (Å²) in [5, 5.41) is 4.43. The Hall–Kier alpha value is -2.73. The predicted molar refractivity (Wildman–Crippen MR) is 96.6 cm³/mol. The van der Waals surface area contributed by atoms with E-state index in [1.165, 1.54) is 13.3 Å². The molecule has 0 bridgehead atoms. The van der Waals surface area contributed by atoms with Crippen LogP contribution in [0.25, 0.3) is 0 Å². The van der Waals surface area contributed by atoms with Crippen molar-refractivity contribution in [1.82, 2.24) is 5.43 Å². The van der Waals surface area contributed by atoms with Gasteiger partial charge in [0, 0.05) is 11.4 Å². The maximum Gasteiger partial charge on any atom is 0.427 e. The molecule has 0 atom stereocenters. The van der Waals surface area contributed by atoms with E-state index in [-0.39, 0.29) is 0 Å². The molecule has 0 radical (unpaired) electrons. The minimum absolute atomic E-state index is 0.547. The molecule has 0 aliphatic carbocycles. The van der Waals surface area contributed by atoms with Crippen LogP contribution in [-0.2, 0) is 4.74 Å². The quantitative estimate of drug-likeness (QED) is 0.439. The Bertz CT molecular complexity index is 687. The van der Waals surface area contributed by atoms with Crippen LogP contribution in [0.4, 0.5) is 4.79 Å². The maximum atomic E-state index is 10.8. The number of amides is 1. The second-order valence-corrected chi connectivity index (χ2v) is 5.37. The van der Waals surface area contributed by atoms with Crippen LogP contribution in [0.15, 0.2) is 53.6 Å². The Balaban J connectivity index is 1.65. The van der Waals surface area contributed by atoms with Crippen LogP contribution in [0.1, 0.15) is 12.0 Å². The van der Waals surface area contributed by atoms with Gasteiger partial charge in [-0.05, 0) is 54.1 Å². The smallest absolute Gasteiger partial charge is 0.427 e. The van der Waals surface area contributed by atoms with Crippen molar-refractivity contribution in [2.45, 2.75) is 6.42 Å². The van der Waals surface area contributed by atoms with Crippen molar-refractivity contribution < 1.29 is 19.0 Å². The number of hydrogen-bond donors (Lipinski definition) is 1. The third-order valence-electron chi connectivity index (χ3n) is 3.07. The Morgan fingerprint density at radius 1 is 1.04 bits per heavy atom. The highest BCUT2D eigenvalue weighted by molar-refractivity contribution is 6.30. The molecule has 2 rings (SSSR count). The zero-order valence-electron chi connectivity index (χ0n) is 13.8. The molecule has 0 aliphatic heterocycles. The average Bonchev–Trinajstić information content (AvgIpc) is 2.64. The second kappa shape index (κ2) is 10.2. The first-order valence-corrected chi connectivity index (χ1v) is 8.03. The number of ether oxygens (including phenoxy) is 3. The molecule has 1 amide bonds. The highest BCUT2D eigenvalue weighted by atomic mass is 35.5. The normalized spacial score (nSPS) is 10.5. The van der Waals surface area contributed by atoms with Gasteiger partial charge in [0.25, 0.3) is 0 Å². The monoisotopic (exact) mass is 362 g/mol. The van der Waals surface area contributed by atoms with Crippen molar-refractivity contribution in [2.24, 2.45) is 5.10 Å². The standard InChI is InChI=1S/C18H19ClN2O4/c1-23-18(22)21-20-13-14-3-7-16(8-4-14)24-11-2-12-25-17-9-5-15(19)6-10-17/h3-10,13H,2,11-12H2,1H3,(H,21,22). The van der Waals surface area contributed by atoms with E-state index in [4.69, 9.17) is 21.1 Å². The van der Waals surface area contributed by atoms with Crippen molar-refractivity contribution in [2.75, 3.05) is 20.3 Å². The summed E-state index contributed by atoms with van der Waals surface area (Å²) in [5.41, 5.74) is 3.04. The number of hydrazone groups is 1. The SMILES string of the molecule is COC(=O)NN=Cc1ccc(OCCCOc2ccc(Cl)cc2)cc1. The third kappa shape index (κ3) is 7.14. The molecule has 2 aromatic rings. The lowest BCUT2D eigenvalue weighted by Gasteiger charge is -2.08. The fraction of sp³-hybridized carbons (Fsp3) is 0.222. The number of halogens is 1. The van der Waals surface area contributed by atoms with Crippen molar-refractivity contribution in [3.63, 3.8) is 0 Å². The number of nitrogens with one attached hydrogen (secondary N) is 1. The van der Waals surface area contributed by atoms with Crippen LogP contribution >= 0.6 is 11.6 Å². The van der Waals surface area contributed by atoms with Crippen LogP contribution in [0.5, 0.6) is 11.5 Å². The summed E-state index contributed by atoms with van der Waals surface area (Å²) in [6, 6.07) is 14.6. The van der Waals surface area contributed by atoms with Crippen LogP contribution in [-0.4, -0.2) is 32.6 Å². The molecular formula is C18H19ClN2O4. The lowest BCUT2D eigenvalue weighted by Crippen LogP contribution is -2.16. The molecule has 0 aliphatic rings. The second-order valence-electron chi connectivity index (χ2n) is 4.94. The molecule has 25 heavy (non-hydrogen) atoms. The van der Waals surface area contributed by atoms with Crippen LogP contribution in [0, 0.1) is 0 Å². The lowest BCUT2D eigenvalue weighted by atomic mass is 10.2. The molecular weight excluding hydrogens is 344 g/mol. The van der Waals surface area contributed by atoms with Gasteiger partial charge in [-0.2, -0.15) is 5.10 Å². The number of nitrogens with zero attached hydrogens (tertiary/aromatic N) is 1. The summed E-state index contributed by atoms with van der Waals surface area (Å²) in [6.45, 7) is 1.11. The molecule has 0 spiro atoms. The Morgan fingerprint density at radius 2 is 1.60 bits per heavy atom. The summed E-state index contributed by atoms with van der Waals surface area (Å²) >= 11 is 5.82. The summed E-state index contributed by atoms with van der Waals surface area (Å²) in [6.07, 6.45) is 1.66. The van der Waals surface area contributed by atoms with E-state index in [2.05, 4.69) is 15.3 Å². The van der Waals surface area contributed by atoms with Crippen LogP contribution in [0.2, 0.25) is 5.02 Å². The summed E-state index contributed by atoms with van der Waals surface area (Å²) in [5.74, 6) is 1.54. The number of hydrogen-bond acceptors (Lipinski definition) is 5. The van der Waals surface area contributed by atoms with E-state index >= 15 is 0 Å². The Kier molecular flexibility index (Phi) is 7.59. The number of carbonyl (C=O) groups excluding carboxylic acids is 1. The molecule has 7 heteroatoms. The number of methoxy groups -OCH3 is 1. The molecule has 132 valence electrons. The molecule has 6 nitrogen and oxygen atoms in total. The van der Waals surface area contributed by atoms with E-state index in [1.807, 2.05) is 36.4 Å². The van der Waals surface area contributed by atoms with E-state index in [0.29, 0.717) is 18.2 Å². The fourth-order valence-corrected chi connectivity index (χ4v) is 1.95. The van der Waals surface area contributed by atoms with Crippen molar-refractivity contribution in [1.29, 1.82) is 0 Å². The number of carbonyl (C=O) groups is 1. The molecule has 0 saturated heterocycles. The van der Waals surface area contributed by atoms with Gasteiger partial charge < -0.3 is 14.2 Å². The Labute approximate surface area is 151 Å². The zero-order chi connectivity index (χ0) is 17.9. The Morgan fingerprint density at radius 3 is 2.16 bits per heavy atom. The fourth-order valence-electron chi connectivity index (χ4n) is 1.83. The van der Waals surface area contributed by atoms with Gasteiger partial charge in [0.2, 0.25) is 0 Å². The van der Waals surface area contributed by atoms with Crippen LogP contribution in [0.3, 0.4) is 0 Å². The predicted octanol–water partition coefficient (Wildman–Crippen LogP) is 3.88. The topological polar surface area (TPSA) is 69.2 Å². The lowest BCUT2D eigenvalue weighted by molar-refractivity contribution is 0.171. The molecule has 0 unspecified atom stereocenters. The minimum Gasteiger partial charge on any atom is -0.493 e. The zero-order valence-corrected chi connectivity index (χ0v) is 14.5. The van der Waals surface area contributed by atoms with Gasteiger partial charge in [0.1, 0.15) is 11.5 Å². The highest BCUT2D eigenvalue weighted by Crippen LogP contribution is 2.16. The number of benzene rings is 2. The van der Waals surface area contributed by atoms with Gasteiger partial charge in [-0.25, -0.2) is 10.2 Å². The van der Waals surface area contributed by atoms with Gasteiger partial charge in [-0.1, -0.05) is 11.6 Å². The van der Waals surface area contributed by atoms with E-state index in [9.17, 15) is 4.79 Å². The van der Waals surface area contributed by atoms with Crippen LogP contribution < -0.4 is 14.9 Å². The third-order valence-corrected chi connectivity index (χ3v) is 3.33. The van der Waals surface area contributed by atoms with Gasteiger partial charge in [-0.15, -0.1) is 0 Å². The first-order chi connectivity index (χ1) is 12.2. The van der Waals surface area contributed by atoms with Crippen molar-refractivity contribution in [3.8, 4) is 11.5 Å². The number of rotatable bonds is 8. The average molecular weight is 363 g/mol. The molecule has 1 N–H and O–H groups in total. The van der Waals surface area contributed by atoms with E-state index in [0.717, 1.165) is 23.5 Å². The molecule has 0 aromatic heterocycles. The van der Waals surface area contributed by atoms with E-state index in [1.54, 1.807) is 12.1 Å². The van der Waals surface area contributed by atoms with Crippen molar-refractivity contribution in [3.05, 3.63) is 59.1 Å². The summed E-state index contributed by atoms with van der Waals surface area (Å²) in [4.78, 5) is 10.8. The van der Waals surface area contributed by atoms with Gasteiger partial charge >= 0.3 is 6.09 Å². The summed E-state index contributed by atoms with van der Waals surface area (Å²) < 4.78 is 15.6. The highest BCUT2D eigenvalue weighted by Gasteiger charge is 1.97. The molecule has 2 aromatic carbocycles. The first-order valence-electron chi connectivity index (χ1n) is 7.65. The summed E-state index contributed by atoms with van der Waals surface area (Å²) in [7, 11) is 1.28. The van der Waals surface area contributed by atoms with Gasteiger partial charge in [0.05, 0.1) is 26.5 Å². The van der Waals surface area contributed by atoms with Crippen molar-refractivity contribution >= 4 is 23.9 Å². The largest absolute Gasteiger partial charge is 0.493 e. The minimum atomic E-state index is -0.614. The molecule has 0 heterocycles. The van der Waals surface area contributed by atoms with E-state index < -0.39 is 6.09 Å². The first kappa shape index (κ1) is 18.6. The van der Waals surface area contributed by atoms with Gasteiger partial charge in [0.15, 0.2) is 0 Å². The molecule has 0 saturated carbocycles. The maximum absolute atomic E-state index is 10.8. The molecule has 0 fully saturated rings.